The second kappa shape index (κ2) is 5.57. The van der Waals surface area contributed by atoms with E-state index in [1.54, 1.807) is 6.92 Å². The molecule has 13 heavy (non-hydrogen) atoms. The van der Waals surface area contributed by atoms with Gasteiger partial charge in [0.25, 0.3) is 0 Å². The van der Waals surface area contributed by atoms with Gasteiger partial charge in [0.1, 0.15) is 0 Å². The molecule has 0 heterocycles. The Hall–Kier alpha value is -0.130. The van der Waals surface area contributed by atoms with Gasteiger partial charge in [-0.25, -0.2) is 8.42 Å². The Balaban J connectivity index is 3.91. The molecule has 0 spiro atoms. The van der Waals surface area contributed by atoms with Gasteiger partial charge in [0, 0.05) is 6.54 Å². The fourth-order valence-electron chi connectivity index (χ4n) is 0.748. The van der Waals surface area contributed by atoms with Crippen LogP contribution in [0.3, 0.4) is 0 Å². The van der Waals surface area contributed by atoms with Gasteiger partial charge < -0.3 is 10.5 Å². The second-order valence-electron chi connectivity index (χ2n) is 3.33. The van der Waals surface area contributed by atoms with Gasteiger partial charge in [0.15, 0.2) is 9.84 Å². The predicted molar refractivity (Wildman–Crippen MR) is 53.4 cm³/mol. The summed E-state index contributed by atoms with van der Waals surface area (Å²) in [5.74, 6) is 0.0591. The van der Waals surface area contributed by atoms with E-state index in [0.717, 1.165) is 0 Å². The fourth-order valence-corrected chi connectivity index (χ4v) is 1.77. The molecule has 0 saturated carbocycles. The van der Waals surface area contributed by atoms with Crippen molar-refractivity contribution in [2.75, 3.05) is 18.9 Å². The summed E-state index contributed by atoms with van der Waals surface area (Å²) in [5, 5.41) is -0.469. The Labute approximate surface area is 80.4 Å². The Bertz CT molecular complexity index is 224. The molecule has 0 rings (SSSR count). The summed E-state index contributed by atoms with van der Waals surface area (Å²) in [4.78, 5) is 0. The van der Waals surface area contributed by atoms with E-state index >= 15 is 0 Å². The van der Waals surface area contributed by atoms with Crippen molar-refractivity contribution in [2.45, 2.75) is 32.1 Å². The van der Waals surface area contributed by atoms with E-state index in [1.165, 1.54) is 0 Å². The molecule has 4 nitrogen and oxygen atoms in total. The second-order valence-corrected chi connectivity index (χ2v) is 5.87. The molecule has 2 N–H and O–H groups in total. The van der Waals surface area contributed by atoms with Crippen molar-refractivity contribution in [3.8, 4) is 0 Å². The van der Waals surface area contributed by atoms with Crippen molar-refractivity contribution in [1.29, 1.82) is 0 Å². The lowest BCUT2D eigenvalue weighted by Gasteiger charge is -2.11. The molecule has 0 amide bonds. The molecule has 1 atom stereocenters. The van der Waals surface area contributed by atoms with E-state index in [9.17, 15) is 8.42 Å². The lowest BCUT2D eigenvalue weighted by molar-refractivity contribution is 0.0912. The minimum atomic E-state index is -3.06. The molecule has 80 valence electrons. The normalized spacial score (nSPS) is 14.8. The average molecular weight is 209 g/mol. The van der Waals surface area contributed by atoms with Crippen molar-refractivity contribution < 1.29 is 13.2 Å². The van der Waals surface area contributed by atoms with Crippen LogP contribution >= 0.6 is 0 Å². The van der Waals surface area contributed by atoms with E-state index in [1.807, 2.05) is 13.8 Å². The summed E-state index contributed by atoms with van der Waals surface area (Å²) < 4.78 is 27.9. The molecule has 5 heteroatoms. The van der Waals surface area contributed by atoms with Crippen LogP contribution in [-0.2, 0) is 14.6 Å². The highest BCUT2D eigenvalue weighted by molar-refractivity contribution is 7.92. The number of sulfone groups is 1. The molecule has 0 fully saturated rings. The molecular weight excluding hydrogens is 190 g/mol. The molecule has 0 saturated heterocycles. The molecule has 0 bridgehead atoms. The Morgan fingerprint density at radius 2 is 1.85 bits per heavy atom. The van der Waals surface area contributed by atoms with Crippen LogP contribution < -0.4 is 5.73 Å². The first-order chi connectivity index (χ1) is 5.90. The molecule has 0 radical (unpaired) electrons. The summed E-state index contributed by atoms with van der Waals surface area (Å²) in [6.45, 7) is 5.79. The van der Waals surface area contributed by atoms with E-state index in [-0.39, 0.29) is 25.0 Å². The maximum atomic E-state index is 11.4. The van der Waals surface area contributed by atoms with E-state index < -0.39 is 15.1 Å². The molecular formula is C8H19NO3S. The minimum absolute atomic E-state index is 0.0591. The summed E-state index contributed by atoms with van der Waals surface area (Å²) >= 11 is 0. The molecule has 0 aliphatic heterocycles. The number of ether oxygens (including phenoxy) is 1. The first-order valence-corrected chi connectivity index (χ1v) is 6.15. The monoisotopic (exact) mass is 209 g/mol. The van der Waals surface area contributed by atoms with Gasteiger partial charge in [-0.05, 0) is 20.8 Å². The quantitative estimate of drug-likeness (QED) is 0.677. The third-order valence-electron chi connectivity index (χ3n) is 1.76. The van der Waals surface area contributed by atoms with Gasteiger partial charge >= 0.3 is 0 Å². The maximum absolute atomic E-state index is 11.4. The maximum Gasteiger partial charge on any atom is 0.156 e. The minimum Gasteiger partial charge on any atom is -0.378 e. The standard InChI is InChI=1S/C8H19NO3S/c1-7(2)12-4-5-13(10,11)8(3)6-9/h7-8H,4-6,9H2,1-3H3. The van der Waals surface area contributed by atoms with Gasteiger partial charge in [-0.3, -0.25) is 0 Å². The zero-order chi connectivity index (χ0) is 10.5. The molecule has 0 aromatic rings. The molecule has 0 aromatic carbocycles. The first kappa shape index (κ1) is 12.9. The zero-order valence-corrected chi connectivity index (χ0v) is 9.30. The molecule has 0 aliphatic rings. The van der Waals surface area contributed by atoms with Crippen LogP contribution in [0.1, 0.15) is 20.8 Å². The van der Waals surface area contributed by atoms with Crippen LogP contribution in [0.2, 0.25) is 0 Å². The van der Waals surface area contributed by atoms with Crippen molar-refractivity contribution >= 4 is 9.84 Å². The molecule has 0 aromatic heterocycles. The summed E-state index contributed by atoms with van der Waals surface area (Å²) in [6.07, 6.45) is 0.0726. The lowest BCUT2D eigenvalue weighted by atomic mass is 10.5. The summed E-state index contributed by atoms with van der Waals surface area (Å²) in [7, 11) is -3.06. The van der Waals surface area contributed by atoms with Gasteiger partial charge in [-0.15, -0.1) is 0 Å². The van der Waals surface area contributed by atoms with Gasteiger partial charge in [0.2, 0.25) is 0 Å². The van der Waals surface area contributed by atoms with Crippen LogP contribution in [-0.4, -0.2) is 38.7 Å². The number of rotatable bonds is 6. The highest BCUT2D eigenvalue weighted by Gasteiger charge is 2.18. The molecule has 0 aliphatic carbocycles. The summed E-state index contributed by atoms with van der Waals surface area (Å²) in [6, 6.07) is 0. The third kappa shape index (κ3) is 5.23. The van der Waals surface area contributed by atoms with Crippen LogP contribution in [0.5, 0.6) is 0 Å². The van der Waals surface area contributed by atoms with Crippen LogP contribution in [0.4, 0.5) is 0 Å². The first-order valence-electron chi connectivity index (χ1n) is 4.43. The van der Waals surface area contributed by atoms with E-state index in [2.05, 4.69) is 0 Å². The highest BCUT2D eigenvalue weighted by atomic mass is 32.2. The summed E-state index contributed by atoms with van der Waals surface area (Å²) in [5.41, 5.74) is 5.27. The van der Waals surface area contributed by atoms with Crippen molar-refractivity contribution in [2.24, 2.45) is 5.73 Å². The number of hydrogen-bond donors (Lipinski definition) is 1. The molecule has 1 unspecified atom stereocenters. The Morgan fingerprint density at radius 1 is 1.31 bits per heavy atom. The van der Waals surface area contributed by atoms with Crippen LogP contribution in [0, 0.1) is 0 Å². The SMILES string of the molecule is CC(C)OCCS(=O)(=O)C(C)CN. The van der Waals surface area contributed by atoms with Crippen LogP contribution in [0.15, 0.2) is 0 Å². The Kier molecular flexibility index (Phi) is 5.51. The number of hydrogen-bond acceptors (Lipinski definition) is 4. The van der Waals surface area contributed by atoms with Crippen molar-refractivity contribution in [3.05, 3.63) is 0 Å². The largest absolute Gasteiger partial charge is 0.378 e. The van der Waals surface area contributed by atoms with Gasteiger partial charge in [-0.1, -0.05) is 0 Å². The van der Waals surface area contributed by atoms with Crippen molar-refractivity contribution in [3.63, 3.8) is 0 Å². The van der Waals surface area contributed by atoms with Crippen molar-refractivity contribution in [1.82, 2.24) is 0 Å². The average Bonchev–Trinajstić information content (AvgIpc) is 2.01. The predicted octanol–water partition coefficient (Wildman–Crippen LogP) is 0.173. The van der Waals surface area contributed by atoms with E-state index in [4.69, 9.17) is 10.5 Å². The van der Waals surface area contributed by atoms with Gasteiger partial charge in [0.05, 0.1) is 23.7 Å². The zero-order valence-electron chi connectivity index (χ0n) is 8.49. The lowest BCUT2D eigenvalue weighted by Crippen LogP contribution is -2.30. The third-order valence-corrected chi connectivity index (χ3v) is 3.92. The highest BCUT2D eigenvalue weighted by Crippen LogP contribution is 2.00. The number of nitrogens with two attached hydrogens (primary N) is 1. The van der Waals surface area contributed by atoms with E-state index in [0.29, 0.717) is 0 Å². The fraction of sp³-hybridized carbons (Fsp3) is 1.00. The Morgan fingerprint density at radius 3 is 2.23 bits per heavy atom. The smallest absolute Gasteiger partial charge is 0.156 e. The van der Waals surface area contributed by atoms with Crippen LogP contribution in [0.25, 0.3) is 0 Å². The topological polar surface area (TPSA) is 69.4 Å². The van der Waals surface area contributed by atoms with Gasteiger partial charge in [-0.2, -0.15) is 0 Å².